The first kappa shape index (κ1) is 11.0. The largest absolute Gasteiger partial charge is 0.506 e. The number of rotatable bonds is 2. The number of anilines is 1. The number of nitrogens with one attached hydrogen (secondary N) is 1. The third-order valence-corrected chi connectivity index (χ3v) is 2.99. The molecule has 0 saturated heterocycles. The Hall–Kier alpha value is -1.52. The first-order chi connectivity index (χ1) is 7.66. The van der Waals surface area contributed by atoms with Gasteiger partial charge in [0.25, 0.3) is 5.91 Å². The summed E-state index contributed by atoms with van der Waals surface area (Å²) in [4.78, 5) is 11.7. The molecule has 0 aliphatic rings. The Kier molecular flexibility index (Phi) is 3.12. The van der Waals surface area contributed by atoms with E-state index in [0.29, 0.717) is 11.3 Å². The smallest absolute Gasteiger partial charge is 0.256 e. The monoisotopic (exact) mass is 253 g/mol. The van der Waals surface area contributed by atoms with Crippen molar-refractivity contribution in [3.05, 3.63) is 45.6 Å². The molecule has 1 aromatic heterocycles. The number of carbonyl (C=O) groups is 1. The highest BCUT2D eigenvalue weighted by atomic mass is 35.5. The third kappa shape index (κ3) is 2.35. The molecule has 1 aromatic carbocycles. The molecule has 0 unspecified atom stereocenters. The van der Waals surface area contributed by atoms with Gasteiger partial charge in [0.15, 0.2) is 0 Å². The maximum Gasteiger partial charge on any atom is 0.256 e. The predicted molar refractivity (Wildman–Crippen MR) is 65.4 cm³/mol. The molecule has 82 valence electrons. The molecule has 0 spiro atoms. The van der Waals surface area contributed by atoms with E-state index in [1.807, 2.05) is 5.38 Å². The second-order valence-corrected chi connectivity index (χ2v) is 4.32. The van der Waals surface area contributed by atoms with Gasteiger partial charge in [0.05, 0.1) is 10.6 Å². The topological polar surface area (TPSA) is 49.3 Å². The van der Waals surface area contributed by atoms with Crippen LogP contribution in [-0.4, -0.2) is 11.0 Å². The minimum absolute atomic E-state index is 0.0511. The van der Waals surface area contributed by atoms with Crippen LogP contribution in [0.1, 0.15) is 10.4 Å². The van der Waals surface area contributed by atoms with E-state index in [-0.39, 0.29) is 16.7 Å². The number of carbonyl (C=O) groups excluding carboxylic acids is 1. The van der Waals surface area contributed by atoms with Crippen LogP contribution < -0.4 is 5.32 Å². The van der Waals surface area contributed by atoms with Gasteiger partial charge in [-0.3, -0.25) is 4.79 Å². The minimum Gasteiger partial charge on any atom is -0.506 e. The highest BCUT2D eigenvalue weighted by Gasteiger charge is 2.07. The fourth-order valence-electron chi connectivity index (χ4n) is 1.19. The number of benzene rings is 1. The lowest BCUT2D eigenvalue weighted by molar-refractivity contribution is 0.102. The van der Waals surface area contributed by atoms with Gasteiger partial charge in [0, 0.05) is 17.1 Å². The zero-order chi connectivity index (χ0) is 11.5. The van der Waals surface area contributed by atoms with E-state index in [2.05, 4.69) is 5.32 Å². The summed E-state index contributed by atoms with van der Waals surface area (Å²) in [5, 5.41) is 15.9. The number of phenols is 1. The van der Waals surface area contributed by atoms with Gasteiger partial charge in [-0.2, -0.15) is 11.3 Å². The van der Waals surface area contributed by atoms with Gasteiger partial charge in [-0.05, 0) is 23.6 Å². The van der Waals surface area contributed by atoms with Gasteiger partial charge in [0.1, 0.15) is 5.75 Å². The molecule has 0 aliphatic heterocycles. The number of aromatic hydroxyl groups is 1. The maximum absolute atomic E-state index is 11.7. The van der Waals surface area contributed by atoms with Crippen LogP contribution in [0.5, 0.6) is 5.75 Å². The summed E-state index contributed by atoms with van der Waals surface area (Å²) in [7, 11) is 0. The van der Waals surface area contributed by atoms with Gasteiger partial charge >= 0.3 is 0 Å². The van der Waals surface area contributed by atoms with Crippen molar-refractivity contribution in [1.82, 2.24) is 0 Å². The molecule has 2 aromatic rings. The number of phenolic OH excluding ortho intramolecular Hbond substituents is 1. The van der Waals surface area contributed by atoms with Gasteiger partial charge in [-0.1, -0.05) is 11.6 Å². The maximum atomic E-state index is 11.7. The van der Waals surface area contributed by atoms with Crippen LogP contribution in [0, 0.1) is 0 Å². The average molecular weight is 254 g/mol. The molecule has 3 nitrogen and oxygen atoms in total. The molecule has 0 fully saturated rings. The zero-order valence-electron chi connectivity index (χ0n) is 8.11. The third-order valence-electron chi connectivity index (χ3n) is 1.99. The fraction of sp³-hybridized carbons (Fsp3) is 0. The average Bonchev–Trinajstić information content (AvgIpc) is 2.77. The highest BCUT2D eigenvalue weighted by Crippen LogP contribution is 2.26. The van der Waals surface area contributed by atoms with Crippen LogP contribution in [0.3, 0.4) is 0 Å². The lowest BCUT2D eigenvalue weighted by Crippen LogP contribution is -2.10. The molecule has 2 rings (SSSR count). The highest BCUT2D eigenvalue weighted by molar-refractivity contribution is 7.08. The molecule has 1 heterocycles. The molecule has 1 amide bonds. The van der Waals surface area contributed by atoms with Crippen molar-refractivity contribution in [3.8, 4) is 5.75 Å². The van der Waals surface area contributed by atoms with Crippen LogP contribution in [0.2, 0.25) is 5.02 Å². The van der Waals surface area contributed by atoms with E-state index >= 15 is 0 Å². The Labute approximate surface area is 101 Å². The molecule has 0 bridgehead atoms. The van der Waals surface area contributed by atoms with Crippen LogP contribution in [0.15, 0.2) is 35.0 Å². The van der Waals surface area contributed by atoms with Gasteiger partial charge in [-0.25, -0.2) is 0 Å². The Morgan fingerprint density at radius 3 is 2.81 bits per heavy atom. The second kappa shape index (κ2) is 4.55. The van der Waals surface area contributed by atoms with E-state index in [1.165, 1.54) is 23.5 Å². The predicted octanol–water partition coefficient (Wildman–Crippen LogP) is 3.36. The van der Waals surface area contributed by atoms with E-state index in [0.717, 1.165) is 0 Å². The summed E-state index contributed by atoms with van der Waals surface area (Å²) in [6.07, 6.45) is 0. The molecule has 16 heavy (non-hydrogen) atoms. The van der Waals surface area contributed by atoms with Crippen molar-refractivity contribution in [2.75, 3.05) is 5.32 Å². The summed E-state index contributed by atoms with van der Waals surface area (Å²) in [6, 6.07) is 6.30. The summed E-state index contributed by atoms with van der Waals surface area (Å²) >= 11 is 7.11. The van der Waals surface area contributed by atoms with Crippen molar-refractivity contribution in [1.29, 1.82) is 0 Å². The van der Waals surface area contributed by atoms with Gasteiger partial charge < -0.3 is 10.4 Å². The summed E-state index contributed by atoms with van der Waals surface area (Å²) in [6.45, 7) is 0. The zero-order valence-corrected chi connectivity index (χ0v) is 9.68. The van der Waals surface area contributed by atoms with Crippen molar-refractivity contribution in [2.45, 2.75) is 0 Å². The standard InChI is InChI=1S/C11H8ClNO2S/c12-9-2-1-8(5-10(9)14)13-11(15)7-3-4-16-6-7/h1-6,14H,(H,13,15). The van der Waals surface area contributed by atoms with Gasteiger partial charge in [0.2, 0.25) is 0 Å². The minimum atomic E-state index is -0.206. The van der Waals surface area contributed by atoms with Crippen LogP contribution in [0.25, 0.3) is 0 Å². The van der Waals surface area contributed by atoms with Crippen molar-refractivity contribution < 1.29 is 9.90 Å². The quantitative estimate of drug-likeness (QED) is 0.862. The molecule has 2 N–H and O–H groups in total. The molecule has 0 atom stereocenters. The summed E-state index contributed by atoms with van der Waals surface area (Å²) in [5.74, 6) is -0.257. The first-order valence-corrected chi connectivity index (χ1v) is 5.81. The Bertz CT molecular complexity index is 511. The van der Waals surface area contributed by atoms with E-state index in [9.17, 15) is 9.90 Å². The molecule has 0 aliphatic carbocycles. The fourth-order valence-corrected chi connectivity index (χ4v) is 1.94. The lowest BCUT2D eigenvalue weighted by atomic mass is 10.2. The Morgan fingerprint density at radius 2 is 2.19 bits per heavy atom. The molecular weight excluding hydrogens is 246 g/mol. The number of amides is 1. The van der Waals surface area contributed by atoms with E-state index in [4.69, 9.17) is 11.6 Å². The molecule has 0 radical (unpaired) electrons. The van der Waals surface area contributed by atoms with Crippen LogP contribution in [0.4, 0.5) is 5.69 Å². The first-order valence-electron chi connectivity index (χ1n) is 4.49. The van der Waals surface area contributed by atoms with Crippen LogP contribution >= 0.6 is 22.9 Å². The Balaban J connectivity index is 2.15. The summed E-state index contributed by atoms with van der Waals surface area (Å²) in [5.41, 5.74) is 1.11. The normalized spacial score (nSPS) is 10.1. The number of thiophene rings is 1. The van der Waals surface area contributed by atoms with Crippen molar-refractivity contribution in [3.63, 3.8) is 0 Å². The van der Waals surface area contributed by atoms with E-state index < -0.39 is 0 Å². The van der Waals surface area contributed by atoms with Gasteiger partial charge in [-0.15, -0.1) is 0 Å². The lowest BCUT2D eigenvalue weighted by Gasteiger charge is -2.04. The number of hydrogen-bond donors (Lipinski definition) is 2. The van der Waals surface area contributed by atoms with Crippen molar-refractivity contribution in [2.24, 2.45) is 0 Å². The van der Waals surface area contributed by atoms with E-state index in [1.54, 1.807) is 17.5 Å². The van der Waals surface area contributed by atoms with Crippen molar-refractivity contribution >= 4 is 34.5 Å². The molecular formula is C11H8ClNO2S. The second-order valence-electron chi connectivity index (χ2n) is 3.13. The van der Waals surface area contributed by atoms with Crippen LogP contribution in [-0.2, 0) is 0 Å². The Morgan fingerprint density at radius 1 is 1.38 bits per heavy atom. The molecule has 0 saturated carbocycles. The number of hydrogen-bond acceptors (Lipinski definition) is 3. The summed E-state index contributed by atoms with van der Waals surface area (Å²) < 4.78 is 0. The molecule has 5 heteroatoms. The SMILES string of the molecule is O=C(Nc1ccc(Cl)c(O)c1)c1ccsc1. The number of halogens is 1.